The van der Waals surface area contributed by atoms with E-state index in [-0.39, 0.29) is 24.2 Å². The summed E-state index contributed by atoms with van der Waals surface area (Å²) in [5.74, 6) is -0.670. The van der Waals surface area contributed by atoms with Crippen molar-refractivity contribution >= 4 is 23.2 Å². The topological polar surface area (TPSA) is 82.9 Å². The number of hydrogen-bond acceptors (Lipinski definition) is 4. The van der Waals surface area contributed by atoms with E-state index in [1.165, 1.54) is 5.56 Å². The van der Waals surface area contributed by atoms with Crippen molar-refractivity contribution in [2.45, 2.75) is 33.6 Å². The standard InChI is InChI=1S/C16H20N4O2/c1-10-4-6-13(7-5-10)11(2)17-19-15(21)9-8-14-12(3)18-20-16(14)22/h4-7,14H,8-9H2,1-3H3,(H,19,21)(H,20,22)/b17-11+/t14-/m1/s1. The smallest absolute Gasteiger partial charge is 0.248 e. The third kappa shape index (κ3) is 4.00. The van der Waals surface area contributed by atoms with Gasteiger partial charge in [0.05, 0.1) is 11.6 Å². The van der Waals surface area contributed by atoms with Crippen molar-refractivity contribution in [1.82, 2.24) is 10.9 Å². The lowest BCUT2D eigenvalue weighted by molar-refractivity contribution is -0.123. The zero-order valence-corrected chi connectivity index (χ0v) is 13.0. The maximum atomic E-state index is 11.8. The van der Waals surface area contributed by atoms with Gasteiger partial charge in [-0.2, -0.15) is 10.2 Å². The van der Waals surface area contributed by atoms with E-state index in [1.807, 2.05) is 38.1 Å². The van der Waals surface area contributed by atoms with Gasteiger partial charge < -0.3 is 0 Å². The van der Waals surface area contributed by atoms with Gasteiger partial charge in [-0.05, 0) is 32.8 Å². The average molecular weight is 300 g/mol. The van der Waals surface area contributed by atoms with E-state index < -0.39 is 0 Å². The molecule has 6 heteroatoms. The number of aryl methyl sites for hydroxylation is 1. The number of hydrazone groups is 2. The summed E-state index contributed by atoms with van der Waals surface area (Å²) in [6.07, 6.45) is 0.668. The van der Waals surface area contributed by atoms with Crippen LogP contribution >= 0.6 is 0 Å². The van der Waals surface area contributed by atoms with Gasteiger partial charge in [0.1, 0.15) is 0 Å². The predicted molar refractivity (Wildman–Crippen MR) is 85.5 cm³/mol. The summed E-state index contributed by atoms with van der Waals surface area (Å²) in [6, 6.07) is 7.92. The van der Waals surface area contributed by atoms with Crippen molar-refractivity contribution in [3.05, 3.63) is 35.4 Å². The summed E-state index contributed by atoms with van der Waals surface area (Å²) in [6.45, 7) is 5.63. The highest BCUT2D eigenvalue weighted by Crippen LogP contribution is 2.13. The van der Waals surface area contributed by atoms with Crippen LogP contribution < -0.4 is 10.9 Å². The summed E-state index contributed by atoms with van der Waals surface area (Å²) >= 11 is 0. The van der Waals surface area contributed by atoms with E-state index in [0.717, 1.165) is 17.0 Å². The fourth-order valence-electron chi connectivity index (χ4n) is 2.17. The predicted octanol–water partition coefficient (Wildman–Crippen LogP) is 1.74. The fraction of sp³-hybridized carbons (Fsp3) is 0.375. The van der Waals surface area contributed by atoms with Gasteiger partial charge in [0, 0.05) is 12.1 Å². The Morgan fingerprint density at radius 2 is 2.00 bits per heavy atom. The van der Waals surface area contributed by atoms with Crippen LogP contribution in [0.5, 0.6) is 0 Å². The molecule has 0 unspecified atom stereocenters. The van der Waals surface area contributed by atoms with Crippen molar-refractivity contribution in [2.75, 3.05) is 0 Å². The van der Waals surface area contributed by atoms with Crippen LogP contribution in [-0.2, 0) is 9.59 Å². The van der Waals surface area contributed by atoms with Gasteiger partial charge in [-0.15, -0.1) is 0 Å². The van der Waals surface area contributed by atoms with Crippen LogP contribution in [0.2, 0.25) is 0 Å². The highest BCUT2D eigenvalue weighted by Gasteiger charge is 2.26. The summed E-state index contributed by atoms with van der Waals surface area (Å²) in [7, 11) is 0. The van der Waals surface area contributed by atoms with Crippen LogP contribution in [0, 0.1) is 12.8 Å². The maximum Gasteiger partial charge on any atom is 0.248 e. The van der Waals surface area contributed by atoms with Crippen LogP contribution in [-0.4, -0.2) is 23.2 Å². The summed E-state index contributed by atoms with van der Waals surface area (Å²) in [5, 5.41) is 7.95. The van der Waals surface area contributed by atoms with Crippen LogP contribution in [0.4, 0.5) is 0 Å². The van der Waals surface area contributed by atoms with Gasteiger partial charge in [-0.1, -0.05) is 29.8 Å². The number of nitrogens with one attached hydrogen (secondary N) is 2. The molecule has 0 saturated heterocycles. The van der Waals surface area contributed by atoms with Gasteiger partial charge in [-0.25, -0.2) is 10.9 Å². The number of benzene rings is 1. The Balaban J connectivity index is 1.84. The number of carbonyl (C=O) groups excluding carboxylic acids is 2. The monoisotopic (exact) mass is 300 g/mol. The Morgan fingerprint density at radius 1 is 1.32 bits per heavy atom. The normalized spacial score (nSPS) is 18.0. The molecule has 0 saturated carbocycles. The molecule has 1 aromatic carbocycles. The van der Waals surface area contributed by atoms with E-state index in [1.54, 1.807) is 6.92 Å². The van der Waals surface area contributed by atoms with Crippen molar-refractivity contribution in [3.8, 4) is 0 Å². The molecule has 2 N–H and O–H groups in total. The van der Waals surface area contributed by atoms with Crippen LogP contribution in [0.3, 0.4) is 0 Å². The molecule has 1 aliphatic heterocycles. The zero-order chi connectivity index (χ0) is 16.1. The first-order valence-electron chi connectivity index (χ1n) is 7.21. The third-order valence-corrected chi connectivity index (χ3v) is 3.64. The summed E-state index contributed by atoms with van der Waals surface area (Å²) < 4.78 is 0. The lowest BCUT2D eigenvalue weighted by Gasteiger charge is -2.07. The largest absolute Gasteiger partial charge is 0.273 e. The molecule has 0 aromatic heterocycles. The second kappa shape index (κ2) is 6.98. The molecular weight excluding hydrogens is 280 g/mol. The SMILES string of the molecule is CC1=NNC(=O)[C@@H]1CCC(=O)N/N=C(\C)c1ccc(C)cc1. The molecule has 1 aliphatic rings. The summed E-state index contributed by atoms with van der Waals surface area (Å²) in [4.78, 5) is 23.3. The van der Waals surface area contributed by atoms with E-state index >= 15 is 0 Å². The van der Waals surface area contributed by atoms with E-state index in [9.17, 15) is 9.59 Å². The van der Waals surface area contributed by atoms with Gasteiger partial charge in [0.25, 0.3) is 0 Å². The molecule has 0 aliphatic carbocycles. The van der Waals surface area contributed by atoms with Crippen LogP contribution in [0.1, 0.15) is 37.8 Å². The first-order chi connectivity index (χ1) is 10.5. The van der Waals surface area contributed by atoms with Gasteiger partial charge in [0.15, 0.2) is 0 Å². The highest BCUT2D eigenvalue weighted by molar-refractivity contribution is 6.07. The number of rotatable bonds is 5. The molecule has 0 bridgehead atoms. The minimum atomic E-state index is -0.312. The molecule has 22 heavy (non-hydrogen) atoms. The molecule has 2 rings (SSSR count). The van der Waals surface area contributed by atoms with Crippen molar-refractivity contribution in [2.24, 2.45) is 16.1 Å². The summed E-state index contributed by atoms with van der Waals surface area (Å²) in [5.41, 5.74) is 8.53. The Labute approximate surface area is 129 Å². The Kier molecular flexibility index (Phi) is 5.04. The fourth-order valence-corrected chi connectivity index (χ4v) is 2.17. The van der Waals surface area contributed by atoms with Gasteiger partial charge >= 0.3 is 0 Å². The van der Waals surface area contributed by atoms with Crippen LogP contribution in [0.15, 0.2) is 34.5 Å². The van der Waals surface area contributed by atoms with Crippen molar-refractivity contribution < 1.29 is 9.59 Å². The number of hydrogen-bond donors (Lipinski definition) is 2. The van der Waals surface area contributed by atoms with Crippen molar-refractivity contribution in [1.29, 1.82) is 0 Å². The lowest BCUT2D eigenvalue weighted by Crippen LogP contribution is -2.25. The minimum absolute atomic E-state index is 0.148. The molecule has 2 amide bonds. The molecule has 116 valence electrons. The Morgan fingerprint density at radius 3 is 2.59 bits per heavy atom. The Hall–Kier alpha value is -2.50. The van der Waals surface area contributed by atoms with Crippen molar-refractivity contribution in [3.63, 3.8) is 0 Å². The molecule has 0 spiro atoms. The second-order valence-electron chi connectivity index (χ2n) is 5.42. The van der Waals surface area contributed by atoms with E-state index in [2.05, 4.69) is 21.1 Å². The lowest BCUT2D eigenvalue weighted by atomic mass is 9.99. The number of carbonyl (C=O) groups is 2. The molecule has 6 nitrogen and oxygen atoms in total. The molecular formula is C16H20N4O2. The number of amides is 2. The Bertz CT molecular complexity index is 632. The highest BCUT2D eigenvalue weighted by atomic mass is 16.2. The van der Waals surface area contributed by atoms with Gasteiger partial charge in [0.2, 0.25) is 11.8 Å². The van der Waals surface area contributed by atoms with Crippen LogP contribution in [0.25, 0.3) is 0 Å². The molecule has 0 fully saturated rings. The van der Waals surface area contributed by atoms with E-state index in [4.69, 9.17) is 0 Å². The zero-order valence-electron chi connectivity index (χ0n) is 13.0. The van der Waals surface area contributed by atoms with E-state index in [0.29, 0.717) is 6.42 Å². The first kappa shape index (κ1) is 15.9. The minimum Gasteiger partial charge on any atom is -0.273 e. The second-order valence-corrected chi connectivity index (χ2v) is 5.42. The molecule has 0 radical (unpaired) electrons. The molecule has 1 atom stereocenters. The average Bonchev–Trinajstić information content (AvgIpc) is 2.82. The maximum absolute atomic E-state index is 11.8. The molecule has 1 aromatic rings. The molecule has 1 heterocycles. The first-order valence-corrected chi connectivity index (χ1v) is 7.21. The van der Waals surface area contributed by atoms with Gasteiger partial charge in [-0.3, -0.25) is 9.59 Å². The third-order valence-electron chi connectivity index (χ3n) is 3.64. The quantitative estimate of drug-likeness (QED) is 0.641. The number of nitrogens with zero attached hydrogens (tertiary/aromatic N) is 2.